The van der Waals surface area contributed by atoms with Gasteiger partial charge in [-0.25, -0.2) is 0 Å². The van der Waals surface area contributed by atoms with Gasteiger partial charge in [-0.1, -0.05) is 13.3 Å². The fourth-order valence-corrected chi connectivity index (χ4v) is 1.87. The Hall–Kier alpha value is -0.610. The number of esters is 1. The summed E-state index contributed by atoms with van der Waals surface area (Å²) in [4.78, 5) is 14.3. The van der Waals surface area contributed by atoms with E-state index in [-0.39, 0.29) is 11.4 Å². The average molecular weight is 257 g/mol. The molecule has 0 aliphatic carbocycles. The molecule has 4 nitrogen and oxygen atoms in total. The van der Waals surface area contributed by atoms with Crippen LogP contribution in [0.1, 0.15) is 40.0 Å². The van der Waals surface area contributed by atoms with E-state index in [0.29, 0.717) is 6.61 Å². The van der Waals surface area contributed by atoms with Crippen LogP contribution in [-0.2, 0) is 14.3 Å². The topological polar surface area (TPSA) is 38.8 Å². The third-order valence-corrected chi connectivity index (χ3v) is 3.44. The maximum Gasteiger partial charge on any atom is 0.311 e. The third kappa shape index (κ3) is 5.36. The second-order valence-corrected chi connectivity index (χ2v) is 5.58. The van der Waals surface area contributed by atoms with E-state index in [1.807, 2.05) is 13.8 Å². The van der Waals surface area contributed by atoms with Crippen LogP contribution in [-0.4, -0.2) is 50.3 Å². The van der Waals surface area contributed by atoms with Gasteiger partial charge in [-0.2, -0.15) is 0 Å². The van der Waals surface area contributed by atoms with Gasteiger partial charge >= 0.3 is 5.97 Å². The van der Waals surface area contributed by atoms with E-state index in [1.165, 1.54) is 0 Å². The van der Waals surface area contributed by atoms with E-state index in [9.17, 15) is 4.79 Å². The molecule has 0 amide bonds. The smallest absolute Gasteiger partial charge is 0.311 e. The second kappa shape index (κ2) is 7.74. The average Bonchev–Trinajstić information content (AvgIpc) is 2.38. The van der Waals surface area contributed by atoms with Gasteiger partial charge in [0, 0.05) is 13.1 Å². The largest absolute Gasteiger partial charge is 0.465 e. The first-order valence-corrected chi connectivity index (χ1v) is 7.03. The number of morpholine rings is 1. The van der Waals surface area contributed by atoms with Gasteiger partial charge in [-0.3, -0.25) is 9.69 Å². The molecule has 4 heteroatoms. The molecule has 0 radical (unpaired) electrons. The van der Waals surface area contributed by atoms with Crippen molar-refractivity contribution in [2.24, 2.45) is 5.41 Å². The van der Waals surface area contributed by atoms with Crippen LogP contribution in [0.3, 0.4) is 0 Å². The van der Waals surface area contributed by atoms with Crippen molar-refractivity contribution in [3.05, 3.63) is 0 Å². The summed E-state index contributed by atoms with van der Waals surface area (Å²) < 4.78 is 10.6. The van der Waals surface area contributed by atoms with Crippen LogP contribution in [0.2, 0.25) is 0 Å². The van der Waals surface area contributed by atoms with Gasteiger partial charge in [0.15, 0.2) is 0 Å². The van der Waals surface area contributed by atoms with E-state index in [2.05, 4.69) is 11.8 Å². The molecule has 0 spiro atoms. The Morgan fingerprint density at radius 3 is 2.61 bits per heavy atom. The summed E-state index contributed by atoms with van der Waals surface area (Å²) in [6, 6.07) is 0. The van der Waals surface area contributed by atoms with Gasteiger partial charge in [0.1, 0.15) is 0 Å². The second-order valence-electron chi connectivity index (χ2n) is 5.58. The molecular weight excluding hydrogens is 230 g/mol. The summed E-state index contributed by atoms with van der Waals surface area (Å²) in [6.45, 7) is 11.1. The minimum Gasteiger partial charge on any atom is -0.465 e. The van der Waals surface area contributed by atoms with Crippen LogP contribution in [0, 0.1) is 5.41 Å². The van der Waals surface area contributed by atoms with E-state index >= 15 is 0 Å². The van der Waals surface area contributed by atoms with Gasteiger partial charge in [-0.05, 0) is 33.2 Å². The molecule has 1 fully saturated rings. The molecule has 1 saturated heterocycles. The first-order valence-electron chi connectivity index (χ1n) is 7.03. The summed E-state index contributed by atoms with van der Waals surface area (Å²) in [7, 11) is 0. The number of rotatable bonds is 7. The molecule has 0 unspecified atom stereocenters. The maximum absolute atomic E-state index is 11.9. The maximum atomic E-state index is 11.9. The third-order valence-electron chi connectivity index (χ3n) is 3.44. The summed E-state index contributed by atoms with van der Waals surface area (Å²) in [5, 5.41) is 0. The molecule has 0 aromatic carbocycles. The number of hydrogen-bond acceptors (Lipinski definition) is 4. The van der Waals surface area contributed by atoms with Crippen LogP contribution in [0.4, 0.5) is 0 Å². The zero-order valence-corrected chi connectivity index (χ0v) is 12.0. The van der Waals surface area contributed by atoms with Gasteiger partial charge in [-0.15, -0.1) is 0 Å². The highest BCUT2D eigenvalue weighted by atomic mass is 16.5. The minimum atomic E-state index is -0.383. The zero-order chi connectivity index (χ0) is 13.4. The minimum absolute atomic E-state index is 0.0655. The first kappa shape index (κ1) is 15.4. The van der Waals surface area contributed by atoms with Crippen molar-refractivity contribution in [3.8, 4) is 0 Å². The highest BCUT2D eigenvalue weighted by molar-refractivity contribution is 5.75. The Morgan fingerprint density at radius 1 is 1.33 bits per heavy atom. The molecule has 0 aromatic heterocycles. The number of carbonyl (C=O) groups is 1. The van der Waals surface area contributed by atoms with Crippen molar-refractivity contribution < 1.29 is 14.3 Å². The molecule has 106 valence electrons. The molecule has 0 bridgehead atoms. The molecule has 0 saturated carbocycles. The van der Waals surface area contributed by atoms with Crippen molar-refractivity contribution in [1.29, 1.82) is 0 Å². The zero-order valence-electron chi connectivity index (χ0n) is 12.0. The van der Waals surface area contributed by atoms with Gasteiger partial charge < -0.3 is 9.47 Å². The Bertz CT molecular complexity index is 247. The Morgan fingerprint density at radius 2 is 2.00 bits per heavy atom. The summed E-state index contributed by atoms with van der Waals surface area (Å²) >= 11 is 0. The number of ether oxygens (including phenoxy) is 2. The molecule has 1 heterocycles. The van der Waals surface area contributed by atoms with Crippen LogP contribution in [0.15, 0.2) is 0 Å². The van der Waals surface area contributed by atoms with E-state index < -0.39 is 0 Å². The molecule has 18 heavy (non-hydrogen) atoms. The fourth-order valence-electron chi connectivity index (χ4n) is 1.87. The number of nitrogens with zero attached hydrogens (tertiary/aromatic N) is 1. The predicted octanol–water partition coefficient (Wildman–Crippen LogP) is 2.08. The lowest BCUT2D eigenvalue weighted by Gasteiger charge is -2.30. The van der Waals surface area contributed by atoms with Gasteiger partial charge in [0.05, 0.1) is 25.2 Å². The van der Waals surface area contributed by atoms with E-state index in [0.717, 1.165) is 52.1 Å². The highest BCUT2D eigenvalue weighted by Gasteiger charge is 2.29. The highest BCUT2D eigenvalue weighted by Crippen LogP contribution is 2.23. The lowest BCUT2D eigenvalue weighted by molar-refractivity contribution is -0.154. The van der Waals surface area contributed by atoms with Crippen molar-refractivity contribution in [2.75, 3.05) is 39.5 Å². The molecule has 1 aliphatic heterocycles. The normalized spacial score (nSPS) is 17.7. The first-order chi connectivity index (χ1) is 8.56. The number of hydrogen-bond donors (Lipinski definition) is 0. The number of carbonyl (C=O) groups excluding carboxylic acids is 1. The van der Waals surface area contributed by atoms with Crippen LogP contribution >= 0.6 is 0 Å². The Balaban J connectivity index is 2.26. The fraction of sp³-hybridized carbons (Fsp3) is 0.929. The SMILES string of the molecule is CCCCOC(=O)C(C)(C)CCN1CCOCC1. The van der Waals surface area contributed by atoms with Gasteiger partial charge in [0.25, 0.3) is 0 Å². The van der Waals surface area contributed by atoms with Gasteiger partial charge in [0.2, 0.25) is 0 Å². The summed E-state index contributed by atoms with van der Waals surface area (Å²) in [5.74, 6) is -0.0655. The summed E-state index contributed by atoms with van der Waals surface area (Å²) in [5.41, 5.74) is -0.383. The van der Waals surface area contributed by atoms with Crippen LogP contribution in [0.25, 0.3) is 0 Å². The van der Waals surface area contributed by atoms with E-state index in [1.54, 1.807) is 0 Å². The predicted molar refractivity (Wildman–Crippen MR) is 71.5 cm³/mol. The monoisotopic (exact) mass is 257 g/mol. The van der Waals surface area contributed by atoms with Crippen LogP contribution in [0.5, 0.6) is 0 Å². The summed E-state index contributed by atoms with van der Waals surface area (Å²) in [6.07, 6.45) is 2.85. The van der Waals surface area contributed by atoms with Crippen molar-refractivity contribution >= 4 is 5.97 Å². The lowest BCUT2D eigenvalue weighted by atomic mass is 9.89. The lowest BCUT2D eigenvalue weighted by Crippen LogP contribution is -2.39. The van der Waals surface area contributed by atoms with Crippen molar-refractivity contribution in [2.45, 2.75) is 40.0 Å². The van der Waals surface area contributed by atoms with E-state index in [4.69, 9.17) is 9.47 Å². The molecule has 0 atom stereocenters. The standard InChI is InChI=1S/C14H27NO3/c1-4-5-10-18-13(16)14(2,3)6-7-15-8-11-17-12-9-15/h4-12H2,1-3H3. The molecule has 1 aliphatic rings. The Labute approximate surface area is 111 Å². The molecule has 1 rings (SSSR count). The Kier molecular flexibility index (Phi) is 6.65. The number of unbranched alkanes of at least 4 members (excludes halogenated alkanes) is 1. The molecule has 0 N–H and O–H groups in total. The van der Waals surface area contributed by atoms with Crippen LogP contribution < -0.4 is 0 Å². The molecular formula is C14H27NO3. The van der Waals surface area contributed by atoms with Crippen molar-refractivity contribution in [3.63, 3.8) is 0 Å². The molecule has 0 aromatic rings. The van der Waals surface area contributed by atoms with Crippen molar-refractivity contribution in [1.82, 2.24) is 4.90 Å². The quantitative estimate of drug-likeness (QED) is 0.517.